The Hall–Kier alpha value is -0.780. The van der Waals surface area contributed by atoms with Gasteiger partial charge in [-0.2, -0.15) is 0 Å². The number of primary amides is 1. The van der Waals surface area contributed by atoms with Crippen LogP contribution in [0.15, 0.2) is 23.4 Å². The van der Waals surface area contributed by atoms with Gasteiger partial charge in [0.15, 0.2) is 0 Å². The van der Waals surface area contributed by atoms with Crippen LogP contribution >= 0.6 is 23.4 Å². The number of carbonyl (C=O) groups is 1. The van der Waals surface area contributed by atoms with Crippen molar-refractivity contribution in [1.29, 1.82) is 0 Å². The molecule has 4 nitrogen and oxygen atoms in total. The Kier molecular flexibility index (Phi) is 5.91. The predicted octanol–water partition coefficient (Wildman–Crippen LogP) is 2.07. The lowest BCUT2D eigenvalue weighted by molar-refractivity contribution is -0.123. The molecule has 1 amide bonds. The van der Waals surface area contributed by atoms with Crippen molar-refractivity contribution in [3.63, 3.8) is 0 Å². The molecule has 0 bridgehead atoms. The largest absolute Gasteiger partial charge is 0.368 e. The number of thioether (sulfide) groups is 1. The van der Waals surface area contributed by atoms with E-state index in [0.29, 0.717) is 18.0 Å². The van der Waals surface area contributed by atoms with Crippen LogP contribution in [-0.2, 0) is 4.79 Å². The van der Waals surface area contributed by atoms with E-state index >= 15 is 0 Å². The molecule has 0 saturated heterocycles. The summed E-state index contributed by atoms with van der Waals surface area (Å²) in [7, 11) is 0. The fraction of sp³-hybridized carbons (Fsp3) is 0.500. The first-order chi connectivity index (χ1) is 8.49. The van der Waals surface area contributed by atoms with Crippen molar-refractivity contribution in [1.82, 2.24) is 10.3 Å². The monoisotopic (exact) mass is 287 g/mol. The van der Waals surface area contributed by atoms with Crippen LogP contribution in [0.3, 0.4) is 0 Å². The Morgan fingerprint density at radius 1 is 1.67 bits per heavy atom. The summed E-state index contributed by atoms with van der Waals surface area (Å²) in [4.78, 5) is 15.6. The molecule has 1 atom stereocenters. The lowest BCUT2D eigenvalue weighted by Gasteiger charge is -2.26. The van der Waals surface area contributed by atoms with Crippen molar-refractivity contribution in [2.75, 3.05) is 12.3 Å². The fourth-order valence-corrected chi connectivity index (χ4v) is 2.85. The van der Waals surface area contributed by atoms with E-state index in [1.165, 1.54) is 11.8 Å². The van der Waals surface area contributed by atoms with Gasteiger partial charge in [-0.25, -0.2) is 4.98 Å². The fourth-order valence-electron chi connectivity index (χ4n) is 1.52. The Morgan fingerprint density at radius 2 is 2.39 bits per heavy atom. The molecule has 0 aromatic carbocycles. The van der Waals surface area contributed by atoms with Crippen molar-refractivity contribution < 1.29 is 4.79 Å². The van der Waals surface area contributed by atoms with Gasteiger partial charge in [0.2, 0.25) is 5.91 Å². The molecular formula is C12H18ClN3OS. The lowest BCUT2D eigenvalue weighted by atomic mass is 9.98. The highest BCUT2D eigenvalue weighted by Crippen LogP contribution is 2.26. The van der Waals surface area contributed by atoms with Crippen LogP contribution in [-0.4, -0.2) is 28.7 Å². The molecule has 1 aromatic heterocycles. The third kappa shape index (κ3) is 4.15. The zero-order valence-corrected chi connectivity index (χ0v) is 12.1. The molecule has 18 heavy (non-hydrogen) atoms. The standard InChI is InChI=1S/C12H18ClN3OS/c1-3-16-12(2,11(14)17)6-8-18-10-9(13)5-4-7-15-10/h4-5,7,16H,3,6,8H2,1-2H3,(H2,14,17). The number of hydrogen-bond donors (Lipinski definition) is 2. The second-order valence-corrected chi connectivity index (χ2v) is 5.61. The topological polar surface area (TPSA) is 68.0 Å². The molecule has 6 heteroatoms. The lowest BCUT2D eigenvalue weighted by Crippen LogP contribution is -2.53. The minimum Gasteiger partial charge on any atom is -0.368 e. The molecule has 3 N–H and O–H groups in total. The molecule has 0 aliphatic rings. The number of hydrogen-bond acceptors (Lipinski definition) is 4. The average molecular weight is 288 g/mol. The molecule has 0 fully saturated rings. The zero-order chi connectivity index (χ0) is 13.6. The van der Waals surface area contributed by atoms with Gasteiger partial charge in [-0.1, -0.05) is 18.5 Å². The second kappa shape index (κ2) is 6.97. The summed E-state index contributed by atoms with van der Waals surface area (Å²) < 4.78 is 0. The van der Waals surface area contributed by atoms with Crippen molar-refractivity contribution in [2.24, 2.45) is 5.73 Å². The first-order valence-electron chi connectivity index (χ1n) is 5.78. The first kappa shape index (κ1) is 15.3. The summed E-state index contributed by atoms with van der Waals surface area (Å²) in [6.45, 7) is 4.47. The smallest absolute Gasteiger partial charge is 0.237 e. The van der Waals surface area contributed by atoms with Crippen LogP contribution in [0.1, 0.15) is 20.3 Å². The third-order valence-corrected chi connectivity index (χ3v) is 4.10. The van der Waals surface area contributed by atoms with E-state index in [2.05, 4.69) is 10.3 Å². The first-order valence-corrected chi connectivity index (χ1v) is 7.14. The Labute approximate surface area is 117 Å². The maximum Gasteiger partial charge on any atom is 0.237 e. The molecule has 0 aliphatic carbocycles. The van der Waals surface area contributed by atoms with E-state index in [9.17, 15) is 4.79 Å². The molecule has 0 spiro atoms. The van der Waals surface area contributed by atoms with Crippen LogP contribution in [0.2, 0.25) is 5.02 Å². The molecule has 1 unspecified atom stereocenters. The van der Waals surface area contributed by atoms with E-state index in [1.807, 2.05) is 13.8 Å². The molecule has 1 aromatic rings. The summed E-state index contributed by atoms with van der Waals surface area (Å²) in [5.74, 6) is 0.389. The van der Waals surface area contributed by atoms with Crippen LogP contribution in [0.4, 0.5) is 0 Å². The predicted molar refractivity (Wildman–Crippen MR) is 75.9 cm³/mol. The summed E-state index contributed by atoms with van der Waals surface area (Å²) in [6.07, 6.45) is 2.33. The number of nitrogens with two attached hydrogens (primary N) is 1. The van der Waals surface area contributed by atoms with Crippen LogP contribution in [0, 0.1) is 0 Å². The van der Waals surface area contributed by atoms with Crippen LogP contribution < -0.4 is 11.1 Å². The van der Waals surface area contributed by atoms with E-state index in [1.54, 1.807) is 18.3 Å². The van der Waals surface area contributed by atoms with Gasteiger partial charge >= 0.3 is 0 Å². The average Bonchev–Trinajstić information content (AvgIpc) is 2.32. The summed E-state index contributed by atoms with van der Waals surface area (Å²) in [6, 6.07) is 3.59. The Balaban J connectivity index is 2.54. The van der Waals surface area contributed by atoms with Gasteiger partial charge in [0, 0.05) is 11.9 Å². The van der Waals surface area contributed by atoms with Gasteiger partial charge in [0.1, 0.15) is 5.03 Å². The molecule has 1 heterocycles. The number of halogens is 1. The van der Waals surface area contributed by atoms with Gasteiger partial charge in [-0.15, -0.1) is 11.8 Å². The number of rotatable bonds is 7. The quantitative estimate of drug-likeness (QED) is 0.754. The SMILES string of the molecule is CCNC(C)(CCSc1ncccc1Cl)C(N)=O. The highest BCUT2D eigenvalue weighted by molar-refractivity contribution is 7.99. The third-order valence-electron chi connectivity index (χ3n) is 2.68. The highest BCUT2D eigenvalue weighted by Gasteiger charge is 2.29. The molecule has 0 radical (unpaired) electrons. The van der Waals surface area contributed by atoms with Crippen LogP contribution in [0.5, 0.6) is 0 Å². The zero-order valence-electron chi connectivity index (χ0n) is 10.6. The number of nitrogens with zero attached hydrogens (tertiary/aromatic N) is 1. The number of nitrogens with one attached hydrogen (secondary N) is 1. The number of aromatic nitrogens is 1. The van der Waals surface area contributed by atoms with Crippen molar-refractivity contribution in [3.05, 3.63) is 23.4 Å². The second-order valence-electron chi connectivity index (χ2n) is 4.12. The minimum atomic E-state index is -0.678. The van der Waals surface area contributed by atoms with Crippen molar-refractivity contribution in [3.8, 4) is 0 Å². The molecule has 0 aliphatic heterocycles. The summed E-state index contributed by atoms with van der Waals surface area (Å²) >= 11 is 7.53. The maximum absolute atomic E-state index is 11.4. The van der Waals surface area contributed by atoms with Gasteiger partial charge in [0.25, 0.3) is 0 Å². The van der Waals surface area contributed by atoms with Gasteiger partial charge in [-0.3, -0.25) is 4.79 Å². The molecular weight excluding hydrogens is 270 g/mol. The van der Waals surface area contributed by atoms with E-state index in [0.717, 1.165) is 10.8 Å². The highest BCUT2D eigenvalue weighted by atomic mass is 35.5. The van der Waals surface area contributed by atoms with E-state index in [4.69, 9.17) is 17.3 Å². The summed E-state index contributed by atoms with van der Waals surface area (Å²) in [5, 5.41) is 4.53. The van der Waals surface area contributed by atoms with E-state index < -0.39 is 5.54 Å². The number of pyridine rings is 1. The van der Waals surface area contributed by atoms with Crippen LogP contribution in [0.25, 0.3) is 0 Å². The molecule has 1 rings (SSSR count). The van der Waals surface area contributed by atoms with Gasteiger partial charge in [-0.05, 0) is 32.0 Å². The maximum atomic E-state index is 11.4. The molecule has 0 saturated carbocycles. The van der Waals surface area contributed by atoms with Crippen molar-refractivity contribution in [2.45, 2.75) is 30.8 Å². The van der Waals surface area contributed by atoms with Crippen molar-refractivity contribution >= 4 is 29.3 Å². The summed E-state index contributed by atoms with van der Waals surface area (Å²) in [5.41, 5.74) is 4.74. The number of amides is 1. The van der Waals surface area contributed by atoms with Gasteiger partial charge in [0.05, 0.1) is 10.6 Å². The molecule has 100 valence electrons. The number of carbonyl (C=O) groups excluding carboxylic acids is 1. The van der Waals surface area contributed by atoms with Gasteiger partial charge < -0.3 is 11.1 Å². The Morgan fingerprint density at radius 3 is 2.94 bits per heavy atom. The number of likely N-dealkylation sites (N-methyl/N-ethyl adjacent to an activating group) is 1. The Bertz CT molecular complexity index is 416. The minimum absolute atomic E-state index is 0.336. The van der Waals surface area contributed by atoms with E-state index in [-0.39, 0.29) is 5.91 Å². The normalized spacial score (nSPS) is 14.2.